The molecule has 1 heterocycles. The van der Waals surface area contributed by atoms with Gasteiger partial charge in [0.15, 0.2) is 0 Å². The van der Waals surface area contributed by atoms with Gasteiger partial charge in [0.1, 0.15) is 0 Å². The van der Waals surface area contributed by atoms with Crippen molar-refractivity contribution in [2.24, 2.45) is 5.92 Å². The molecule has 0 aromatic heterocycles. The first-order valence-electron chi connectivity index (χ1n) is 7.02. The highest BCUT2D eigenvalue weighted by Crippen LogP contribution is 2.28. The van der Waals surface area contributed by atoms with Crippen LogP contribution in [0.4, 0.5) is 0 Å². The van der Waals surface area contributed by atoms with Crippen molar-refractivity contribution in [2.45, 2.75) is 38.5 Å². The van der Waals surface area contributed by atoms with Crippen molar-refractivity contribution in [2.75, 3.05) is 13.1 Å². The minimum Gasteiger partial charge on any atom is -0.550 e. The van der Waals surface area contributed by atoms with E-state index in [-0.39, 0.29) is 6.54 Å². The van der Waals surface area contributed by atoms with Crippen LogP contribution < -0.4 is 5.11 Å². The van der Waals surface area contributed by atoms with Crippen LogP contribution in [0.25, 0.3) is 0 Å². The lowest BCUT2D eigenvalue weighted by Crippen LogP contribution is -2.46. The summed E-state index contributed by atoms with van der Waals surface area (Å²) >= 11 is 0. The maximum atomic E-state index is 12.8. The summed E-state index contributed by atoms with van der Waals surface area (Å²) in [5, 5.41) is 11.0. The summed E-state index contributed by atoms with van der Waals surface area (Å²) in [6.45, 7) is 5.82. The zero-order valence-electron chi connectivity index (χ0n) is 12.5. The van der Waals surface area contributed by atoms with Crippen LogP contribution in [0.3, 0.4) is 0 Å². The number of rotatable bonds is 3. The Morgan fingerprint density at radius 2 is 1.81 bits per heavy atom. The lowest BCUT2D eigenvalue weighted by Gasteiger charge is -2.33. The standard InChI is InChI=1S/C15H21NO4S/c1-10-7-11(2)14(12(3)8-10)21(19,20)16-6-4-5-13(9-16)15(17)18/h7-8,13H,4-6,9H2,1-3H3,(H,17,18)/p-1/t13-/m0/s1. The molecule has 0 unspecified atom stereocenters. The summed E-state index contributed by atoms with van der Waals surface area (Å²) in [5.74, 6) is -1.90. The maximum Gasteiger partial charge on any atom is 0.243 e. The molecule has 1 fully saturated rings. The summed E-state index contributed by atoms with van der Waals surface area (Å²) in [4.78, 5) is 11.3. The van der Waals surface area contributed by atoms with Gasteiger partial charge in [-0.1, -0.05) is 17.7 Å². The van der Waals surface area contributed by atoms with Crippen LogP contribution in [-0.2, 0) is 14.8 Å². The molecule has 0 bridgehead atoms. The molecule has 0 aliphatic carbocycles. The highest BCUT2D eigenvalue weighted by Gasteiger charge is 2.32. The number of carboxylic acid groups (broad SMARTS) is 1. The number of carboxylic acids is 1. The molecule has 0 saturated carbocycles. The minimum atomic E-state index is -3.66. The first kappa shape index (κ1) is 16.0. The Morgan fingerprint density at radius 1 is 1.24 bits per heavy atom. The number of carbonyl (C=O) groups is 1. The van der Waals surface area contributed by atoms with Crippen molar-refractivity contribution >= 4 is 16.0 Å². The zero-order chi connectivity index (χ0) is 15.8. The number of carbonyl (C=O) groups excluding carboxylic acids is 1. The molecule has 21 heavy (non-hydrogen) atoms. The van der Waals surface area contributed by atoms with Gasteiger partial charge in [-0.25, -0.2) is 8.42 Å². The quantitative estimate of drug-likeness (QED) is 0.826. The zero-order valence-corrected chi connectivity index (χ0v) is 13.4. The molecular weight excluding hydrogens is 290 g/mol. The lowest BCUT2D eigenvalue weighted by molar-refractivity contribution is -0.312. The highest BCUT2D eigenvalue weighted by atomic mass is 32.2. The number of hydrogen-bond donors (Lipinski definition) is 0. The molecule has 0 N–H and O–H groups in total. The van der Waals surface area contributed by atoms with Gasteiger partial charge in [0, 0.05) is 25.0 Å². The number of benzene rings is 1. The van der Waals surface area contributed by atoms with E-state index in [0.29, 0.717) is 35.4 Å². The Kier molecular flexibility index (Phi) is 4.39. The third-order valence-electron chi connectivity index (χ3n) is 3.92. The largest absolute Gasteiger partial charge is 0.550 e. The van der Waals surface area contributed by atoms with E-state index in [0.717, 1.165) is 5.56 Å². The second-order valence-corrected chi connectivity index (χ2v) is 7.62. The Balaban J connectivity index is 2.41. The van der Waals surface area contributed by atoms with Gasteiger partial charge in [-0.3, -0.25) is 0 Å². The fourth-order valence-corrected chi connectivity index (χ4v) is 4.99. The van der Waals surface area contributed by atoms with E-state index >= 15 is 0 Å². The highest BCUT2D eigenvalue weighted by molar-refractivity contribution is 7.89. The van der Waals surface area contributed by atoms with Crippen molar-refractivity contribution in [1.29, 1.82) is 0 Å². The van der Waals surface area contributed by atoms with Crippen molar-refractivity contribution in [1.82, 2.24) is 4.31 Å². The van der Waals surface area contributed by atoms with E-state index in [1.165, 1.54) is 4.31 Å². The van der Waals surface area contributed by atoms with Crippen LogP contribution in [-0.4, -0.2) is 31.8 Å². The van der Waals surface area contributed by atoms with E-state index in [4.69, 9.17) is 0 Å². The van der Waals surface area contributed by atoms with Crippen molar-refractivity contribution in [3.8, 4) is 0 Å². The predicted octanol–water partition coefficient (Wildman–Crippen LogP) is 0.762. The molecule has 2 rings (SSSR count). The van der Waals surface area contributed by atoms with Gasteiger partial charge in [0.25, 0.3) is 0 Å². The Bertz CT molecular complexity index is 643. The molecule has 6 heteroatoms. The average molecular weight is 310 g/mol. The number of sulfonamides is 1. The molecule has 0 amide bonds. The van der Waals surface area contributed by atoms with Crippen LogP contribution in [0.1, 0.15) is 29.5 Å². The van der Waals surface area contributed by atoms with Gasteiger partial charge in [-0.05, 0) is 44.7 Å². The Labute approximate surface area is 125 Å². The maximum absolute atomic E-state index is 12.8. The fourth-order valence-electron chi connectivity index (χ4n) is 3.06. The molecule has 1 aromatic rings. The first-order chi connectivity index (χ1) is 9.73. The molecule has 1 aliphatic heterocycles. The summed E-state index contributed by atoms with van der Waals surface area (Å²) in [5.41, 5.74) is 2.40. The van der Waals surface area contributed by atoms with Crippen LogP contribution in [0.5, 0.6) is 0 Å². The van der Waals surface area contributed by atoms with Gasteiger partial charge < -0.3 is 9.90 Å². The summed E-state index contributed by atoms with van der Waals surface area (Å²) in [7, 11) is -3.66. The molecule has 1 atom stereocenters. The van der Waals surface area contributed by atoms with Crippen LogP contribution >= 0.6 is 0 Å². The Hall–Kier alpha value is -1.40. The van der Waals surface area contributed by atoms with E-state index in [2.05, 4.69) is 0 Å². The van der Waals surface area contributed by atoms with Gasteiger partial charge >= 0.3 is 0 Å². The molecule has 1 saturated heterocycles. The number of piperidine rings is 1. The van der Waals surface area contributed by atoms with Gasteiger partial charge in [0.05, 0.1) is 4.90 Å². The predicted molar refractivity (Wildman–Crippen MR) is 77.1 cm³/mol. The molecule has 116 valence electrons. The third kappa shape index (κ3) is 3.11. The monoisotopic (exact) mass is 310 g/mol. The Morgan fingerprint density at radius 3 is 2.33 bits per heavy atom. The SMILES string of the molecule is Cc1cc(C)c(S(=O)(=O)N2CCC[C@H](C(=O)[O-])C2)c(C)c1. The van der Waals surface area contributed by atoms with Crippen molar-refractivity contribution < 1.29 is 18.3 Å². The molecular formula is C15H20NO4S-. The molecule has 5 nitrogen and oxygen atoms in total. The average Bonchev–Trinajstić information content (AvgIpc) is 2.37. The van der Waals surface area contributed by atoms with E-state index in [9.17, 15) is 18.3 Å². The van der Waals surface area contributed by atoms with Crippen LogP contribution in [0, 0.1) is 26.7 Å². The van der Waals surface area contributed by atoms with Gasteiger partial charge in [0.2, 0.25) is 10.0 Å². The van der Waals surface area contributed by atoms with E-state index in [1.807, 2.05) is 19.1 Å². The molecule has 0 radical (unpaired) electrons. The normalized spacial score (nSPS) is 20.4. The number of hydrogen-bond acceptors (Lipinski definition) is 4. The van der Waals surface area contributed by atoms with Crippen LogP contribution in [0.2, 0.25) is 0 Å². The number of nitrogens with zero attached hydrogens (tertiary/aromatic N) is 1. The second kappa shape index (κ2) is 5.77. The summed E-state index contributed by atoms with van der Waals surface area (Å²) in [6.07, 6.45) is 1.02. The number of aryl methyl sites for hydroxylation is 3. The second-order valence-electron chi connectivity index (χ2n) is 5.75. The number of aliphatic carboxylic acids is 1. The van der Waals surface area contributed by atoms with E-state index < -0.39 is 21.9 Å². The molecule has 1 aliphatic rings. The van der Waals surface area contributed by atoms with Crippen molar-refractivity contribution in [3.63, 3.8) is 0 Å². The molecule has 0 spiro atoms. The lowest BCUT2D eigenvalue weighted by atomic mass is 10.0. The minimum absolute atomic E-state index is 0.00256. The molecule has 1 aromatic carbocycles. The van der Waals surface area contributed by atoms with E-state index in [1.54, 1.807) is 13.8 Å². The third-order valence-corrected chi connectivity index (χ3v) is 6.09. The van der Waals surface area contributed by atoms with Crippen LogP contribution in [0.15, 0.2) is 17.0 Å². The summed E-state index contributed by atoms with van der Waals surface area (Å²) in [6, 6.07) is 3.67. The first-order valence-corrected chi connectivity index (χ1v) is 8.46. The van der Waals surface area contributed by atoms with Gasteiger partial charge in [-0.2, -0.15) is 4.31 Å². The topological polar surface area (TPSA) is 77.5 Å². The van der Waals surface area contributed by atoms with Gasteiger partial charge in [-0.15, -0.1) is 0 Å². The fraction of sp³-hybridized carbons (Fsp3) is 0.533. The smallest absolute Gasteiger partial charge is 0.243 e. The van der Waals surface area contributed by atoms with Crippen molar-refractivity contribution in [3.05, 3.63) is 28.8 Å². The summed E-state index contributed by atoms with van der Waals surface area (Å²) < 4.78 is 26.9.